The van der Waals surface area contributed by atoms with E-state index in [0.717, 1.165) is 25.4 Å². The summed E-state index contributed by atoms with van der Waals surface area (Å²) in [5.74, 6) is 1.65. The molecule has 122 valence electrons. The average molecular weight is 295 g/mol. The second-order valence-corrected chi connectivity index (χ2v) is 7.34. The van der Waals surface area contributed by atoms with Crippen LogP contribution in [0.1, 0.15) is 46.0 Å². The van der Waals surface area contributed by atoms with E-state index in [0.29, 0.717) is 18.4 Å². The molecule has 2 aliphatic rings. The number of rotatable bonds is 6. The third-order valence-electron chi connectivity index (χ3n) is 5.03. The second kappa shape index (κ2) is 8.14. The minimum atomic E-state index is 0.0279. The first-order valence-corrected chi connectivity index (χ1v) is 8.81. The van der Waals surface area contributed by atoms with Gasteiger partial charge in [0.2, 0.25) is 5.91 Å². The van der Waals surface area contributed by atoms with E-state index in [1.165, 1.54) is 45.3 Å². The average Bonchev–Trinajstić information content (AvgIpc) is 2.97. The standard InChI is InChI=1S/C17H33N3O/c1-14(2)11-16(12-18)17(21)20-9-5-15(6-10-20)13-19-7-3-4-8-19/h14-16H,3-13,18H2,1-2H3. The van der Waals surface area contributed by atoms with Crippen LogP contribution in [-0.4, -0.2) is 55.0 Å². The molecule has 4 nitrogen and oxygen atoms in total. The first kappa shape index (κ1) is 16.8. The second-order valence-electron chi connectivity index (χ2n) is 7.34. The van der Waals surface area contributed by atoms with Crippen molar-refractivity contribution < 1.29 is 4.79 Å². The highest BCUT2D eigenvalue weighted by Gasteiger charge is 2.28. The first-order valence-electron chi connectivity index (χ1n) is 8.81. The lowest BCUT2D eigenvalue weighted by atomic mass is 9.92. The van der Waals surface area contributed by atoms with Crippen molar-refractivity contribution in [3.05, 3.63) is 0 Å². The van der Waals surface area contributed by atoms with Crippen molar-refractivity contribution >= 4 is 5.91 Å². The molecule has 0 aliphatic carbocycles. The van der Waals surface area contributed by atoms with Crippen LogP contribution in [0.5, 0.6) is 0 Å². The van der Waals surface area contributed by atoms with Gasteiger partial charge in [-0.2, -0.15) is 0 Å². The van der Waals surface area contributed by atoms with Crippen molar-refractivity contribution in [3.8, 4) is 0 Å². The molecule has 0 aromatic rings. The predicted octanol–water partition coefficient (Wildman–Crippen LogP) is 1.94. The molecule has 2 fully saturated rings. The van der Waals surface area contributed by atoms with Crippen molar-refractivity contribution in [2.24, 2.45) is 23.5 Å². The lowest BCUT2D eigenvalue weighted by Crippen LogP contribution is -2.45. The van der Waals surface area contributed by atoms with Crippen molar-refractivity contribution in [1.29, 1.82) is 0 Å². The molecule has 1 atom stereocenters. The third-order valence-corrected chi connectivity index (χ3v) is 5.03. The maximum absolute atomic E-state index is 12.6. The SMILES string of the molecule is CC(C)CC(CN)C(=O)N1CCC(CN2CCCC2)CC1. The molecule has 0 aromatic carbocycles. The summed E-state index contributed by atoms with van der Waals surface area (Å²) in [7, 11) is 0. The monoisotopic (exact) mass is 295 g/mol. The summed E-state index contributed by atoms with van der Waals surface area (Å²) in [5, 5.41) is 0. The van der Waals surface area contributed by atoms with Crippen LogP contribution >= 0.6 is 0 Å². The van der Waals surface area contributed by atoms with E-state index in [-0.39, 0.29) is 5.92 Å². The molecule has 1 amide bonds. The quantitative estimate of drug-likeness (QED) is 0.815. The van der Waals surface area contributed by atoms with Gasteiger partial charge in [0.25, 0.3) is 0 Å². The van der Waals surface area contributed by atoms with Crippen LogP contribution in [0.25, 0.3) is 0 Å². The van der Waals surface area contributed by atoms with E-state index in [1.807, 2.05) is 0 Å². The molecule has 4 heteroatoms. The van der Waals surface area contributed by atoms with Crippen LogP contribution in [0.4, 0.5) is 0 Å². The summed E-state index contributed by atoms with van der Waals surface area (Å²) in [5.41, 5.74) is 5.81. The maximum Gasteiger partial charge on any atom is 0.226 e. The Morgan fingerprint density at radius 2 is 1.76 bits per heavy atom. The summed E-state index contributed by atoms with van der Waals surface area (Å²) in [6.45, 7) is 10.5. The van der Waals surface area contributed by atoms with Gasteiger partial charge in [0, 0.05) is 26.2 Å². The Morgan fingerprint density at radius 3 is 2.29 bits per heavy atom. The highest BCUT2D eigenvalue weighted by Crippen LogP contribution is 2.23. The molecular weight excluding hydrogens is 262 g/mol. The van der Waals surface area contributed by atoms with Gasteiger partial charge >= 0.3 is 0 Å². The molecule has 0 radical (unpaired) electrons. The number of nitrogens with two attached hydrogens (primary N) is 1. The number of likely N-dealkylation sites (tertiary alicyclic amines) is 2. The van der Waals surface area contributed by atoms with Crippen molar-refractivity contribution in [3.63, 3.8) is 0 Å². The molecule has 0 saturated carbocycles. The molecule has 0 bridgehead atoms. The Kier molecular flexibility index (Phi) is 6.49. The zero-order chi connectivity index (χ0) is 15.2. The Morgan fingerprint density at radius 1 is 1.14 bits per heavy atom. The molecule has 2 heterocycles. The molecule has 2 N–H and O–H groups in total. The summed E-state index contributed by atoms with van der Waals surface area (Å²) < 4.78 is 0. The van der Waals surface area contributed by atoms with Gasteiger partial charge in [-0.15, -0.1) is 0 Å². The third kappa shape index (κ3) is 4.96. The topological polar surface area (TPSA) is 49.6 Å². The van der Waals surface area contributed by atoms with Crippen molar-refractivity contribution in [1.82, 2.24) is 9.80 Å². The fourth-order valence-corrected chi connectivity index (χ4v) is 3.79. The Bertz CT molecular complexity index is 318. The molecule has 2 saturated heterocycles. The van der Waals surface area contributed by atoms with E-state index in [2.05, 4.69) is 23.6 Å². The fourth-order valence-electron chi connectivity index (χ4n) is 3.79. The van der Waals surface area contributed by atoms with E-state index in [9.17, 15) is 4.79 Å². The molecular formula is C17H33N3O. The molecule has 0 spiro atoms. The van der Waals surface area contributed by atoms with Gasteiger partial charge in [-0.25, -0.2) is 0 Å². The highest BCUT2D eigenvalue weighted by atomic mass is 16.2. The minimum absolute atomic E-state index is 0.0279. The number of carbonyl (C=O) groups is 1. The van der Waals surface area contributed by atoms with Crippen LogP contribution in [-0.2, 0) is 4.79 Å². The van der Waals surface area contributed by atoms with Crippen molar-refractivity contribution in [2.45, 2.75) is 46.0 Å². The molecule has 0 aromatic heterocycles. The van der Waals surface area contributed by atoms with Crippen LogP contribution in [0.15, 0.2) is 0 Å². The highest BCUT2D eigenvalue weighted by molar-refractivity contribution is 5.79. The first-order chi connectivity index (χ1) is 10.1. The van der Waals surface area contributed by atoms with E-state index in [4.69, 9.17) is 5.73 Å². The molecule has 2 aliphatic heterocycles. The van der Waals surface area contributed by atoms with Crippen molar-refractivity contribution in [2.75, 3.05) is 39.3 Å². The van der Waals surface area contributed by atoms with Gasteiger partial charge in [0.05, 0.1) is 5.92 Å². The zero-order valence-corrected chi connectivity index (χ0v) is 13.9. The summed E-state index contributed by atoms with van der Waals surface area (Å²) in [6, 6.07) is 0. The maximum atomic E-state index is 12.6. The number of hydrogen-bond acceptors (Lipinski definition) is 3. The van der Waals surface area contributed by atoms with Gasteiger partial charge in [-0.05, 0) is 57.0 Å². The van der Waals surface area contributed by atoms with Crippen LogP contribution in [0.3, 0.4) is 0 Å². The predicted molar refractivity (Wildman–Crippen MR) is 87.0 cm³/mol. The lowest BCUT2D eigenvalue weighted by Gasteiger charge is -2.35. The summed E-state index contributed by atoms with van der Waals surface area (Å²) in [6.07, 6.45) is 5.99. The number of hydrogen-bond donors (Lipinski definition) is 1. The number of piperidine rings is 1. The fraction of sp³-hybridized carbons (Fsp3) is 0.941. The van der Waals surface area contributed by atoms with Crippen LogP contribution in [0.2, 0.25) is 0 Å². The molecule has 1 unspecified atom stereocenters. The van der Waals surface area contributed by atoms with Crippen LogP contribution in [0, 0.1) is 17.8 Å². The van der Waals surface area contributed by atoms with E-state index in [1.54, 1.807) is 0 Å². The Hall–Kier alpha value is -0.610. The number of carbonyl (C=O) groups excluding carboxylic acids is 1. The van der Waals surface area contributed by atoms with E-state index >= 15 is 0 Å². The zero-order valence-electron chi connectivity index (χ0n) is 13.9. The molecule has 21 heavy (non-hydrogen) atoms. The van der Waals surface area contributed by atoms with Crippen LogP contribution < -0.4 is 5.73 Å². The van der Waals surface area contributed by atoms with Gasteiger partial charge in [-0.3, -0.25) is 4.79 Å². The van der Waals surface area contributed by atoms with Gasteiger partial charge in [0.15, 0.2) is 0 Å². The van der Waals surface area contributed by atoms with Gasteiger partial charge in [-0.1, -0.05) is 13.8 Å². The number of amides is 1. The Balaban J connectivity index is 1.75. The number of nitrogens with zero attached hydrogens (tertiary/aromatic N) is 2. The normalized spacial score (nSPS) is 23.0. The Labute approximate surface area is 130 Å². The smallest absolute Gasteiger partial charge is 0.226 e. The van der Waals surface area contributed by atoms with E-state index < -0.39 is 0 Å². The minimum Gasteiger partial charge on any atom is -0.342 e. The van der Waals surface area contributed by atoms with Gasteiger partial charge < -0.3 is 15.5 Å². The largest absolute Gasteiger partial charge is 0.342 e. The summed E-state index contributed by atoms with van der Waals surface area (Å²) in [4.78, 5) is 17.2. The molecule has 2 rings (SSSR count). The van der Waals surface area contributed by atoms with Gasteiger partial charge in [0.1, 0.15) is 0 Å². The summed E-state index contributed by atoms with van der Waals surface area (Å²) >= 11 is 0. The lowest BCUT2D eigenvalue weighted by molar-refractivity contribution is -0.137.